The molecule has 0 spiro atoms. The van der Waals surface area contributed by atoms with Gasteiger partial charge in [-0.05, 0) is 18.9 Å². The topological polar surface area (TPSA) is 34.9 Å². The molecule has 3 nitrogen and oxygen atoms in total. The number of hydrogen-bond acceptors (Lipinski definition) is 2. The largest absolute Gasteiger partial charge is 0.347 e. The van der Waals surface area contributed by atoms with Crippen molar-refractivity contribution in [2.45, 2.75) is 26.8 Å². The summed E-state index contributed by atoms with van der Waals surface area (Å²) < 4.78 is 1.66. The fourth-order valence-electron chi connectivity index (χ4n) is 1.000. The van der Waals surface area contributed by atoms with E-state index in [-0.39, 0.29) is 11.7 Å². The van der Waals surface area contributed by atoms with Crippen LogP contribution in [-0.4, -0.2) is 9.55 Å². The summed E-state index contributed by atoms with van der Waals surface area (Å²) in [7, 11) is 0. The number of nitrogens with zero attached hydrogens (tertiary/aromatic N) is 2. The zero-order valence-electron chi connectivity index (χ0n) is 7.69. The maximum Gasteiger partial charge on any atom is 0.347 e. The molecule has 0 bridgehead atoms. The number of aromatic nitrogens is 2. The van der Waals surface area contributed by atoms with Crippen LogP contribution in [0.4, 0.5) is 0 Å². The highest BCUT2D eigenvalue weighted by molar-refractivity contribution is 4.84. The zero-order chi connectivity index (χ0) is 9.14. The first-order chi connectivity index (χ1) is 5.63. The minimum absolute atomic E-state index is 0.168. The van der Waals surface area contributed by atoms with Crippen LogP contribution in [0.2, 0.25) is 0 Å². The highest BCUT2D eigenvalue weighted by atomic mass is 16.1. The fraction of sp³-hybridized carbons (Fsp3) is 0.556. The summed E-state index contributed by atoms with van der Waals surface area (Å²) in [5.41, 5.74) is -0.168. The van der Waals surface area contributed by atoms with Crippen LogP contribution in [-0.2, 0) is 0 Å². The summed E-state index contributed by atoms with van der Waals surface area (Å²) in [6, 6.07) is 1.99. The third kappa shape index (κ3) is 1.72. The Labute approximate surface area is 72.1 Å². The Balaban J connectivity index is 3.03. The van der Waals surface area contributed by atoms with Gasteiger partial charge < -0.3 is 0 Å². The van der Waals surface area contributed by atoms with Crippen LogP contribution in [0.5, 0.6) is 0 Å². The first-order valence-corrected chi connectivity index (χ1v) is 4.16. The van der Waals surface area contributed by atoms with E-state index in [0.29, 0.717) is 5.92 Å². The molecule has 1 unspecified atom stereocenters. The average Bonchev–Trinajstić information content (AvgIpc) is 2.04. The van der Waals surface area contributed by atoms with Crippen molar-refractivity contribution in [1.82, 2.24) is 9.55 Å². The molecule has 66 valence electrons. The van der Waals surface area contributed by atoms with Crippen LogP contribution in [0.15, 0.2) is 23.3 Å². The molecule has 0 saturated heterocycles. The third-order valence-electron chi connectivity index (χ3n) is 2.14. The van der Waals surface area contributed by atoms with Crippen LogP contribution in [0.1, 0.15) is 26.8 Å². The molecule has 1 heterocycles. The van der Waals surface area contributed by atoms with Crippen molar-refractivity contribution in [3.8, 4) is 0 Å². The second kappa shape index (κ2) is 3.52. The van der Waals surface area contributed by atoms with Crippen LogP contribution in [0, 0.1) is 5.92 Å². The van der Waals surface area contributed by atoms with Crippen LogP contribution >= 0.6 is 0 Å². The molecular weight excluding hydrogens is 152 g/mol. The SMILES string of the molecule is CC(C)C(C)n1cccnc1=O. The van der Waals surface area contributed by atoms with Crippen molar-refractivity contribution in [3.05, 3.63) is 28.9 Å². The van der Waals surface area contributed by atoms with Crippen LogP contribution in [0.3, 0.4) is 0 Å². The van der Waals surface area contributed by atoms with E-state index < -0.39 is 0 Å². The number of hydrogen-bond donors (Lipinski definition) is 0. The van der Waals surface area contributed by atoms with Gasteiger partial charge in [-0.2, -0.15) is 0 Å². The van der Waals surface area contributed by atoms with E-state index in [1.807, 2.05) is 6.92 Å². The standard InChI is InChI=1S/C9H14N2O/c1-7(2)8(3)11-6-4-5-10-9(11)12/h4-8H,1-3H3. The predicted molar refractivity (Wildman–Crippen MR) is 48.0 cm³/mol. The third-order valence-corrected chi connectivity index (χ3v) is 2.14. The number of rotatable bonds is 2. The van der Waals surface area contributed by atoms with Crippen molar-refractivity contribution >= 4 is 0 Å². The van der Waals surface area contributed by atoms with Gasteiger partial charge in [0.2, 0.25) is 0 Å². The normalized spacial score (nSPS) is 13.3. The molecule has 0 aromatic carbocycles. The maximum atomic E-state index is 11.2. The molecular formula is C9H14N2O. The van der Waals surface area contributed by atoms with Crippen molar-refractivity contribution in [2.24, 2.45) is 5.92 Å². The van der Waals surface area contributed by atoms with Gasteiger partial charge >= 0.3 is 5.69 Å². The molecule has 1 aromatic heterocycles. The molecule has 12 heavy (non-hydrogen) atoms. The van der Waals surface area contributed by atoms with E-state index in [1.165, 1.54) is 6.20 Å². The lowest BCUT2D eigenvalue weighted by Gasteiger charge is -2.17. The van der Waals surface area contributed by atoms with Crippen LogP contribution < -0.4 is 5.69 Å². The zero-order valence-corrected chi connectivity index (χ0v) is 7.69. The molecule has 3 heteroatoms. The summed E-state index contributed by atoms with van der Waals surface area (Å²) in [6.45, 7) is 6.20. The van der Waals surface area contributed by atoms with E-state index in [0.717, 1.165) is 0 Å². The smallest absolute Gasteiger partial charge is 0.296 e. The monoisotopic (exact) mass is 166 g/mol. The Morgan fingerprint density at radius 3 is 2.58 bits per heavy atom. The Kier molecular flexibility index (Phi) is 2.63. The molecule has 1 atom stereocenters. The average molecular weight is 166 g/mol. The van der Waals surface area contributed by atoms with Gasteiger partial charge in [-0.15, -0.1) is 0 Å². The fourth-order valence-corrected chi connectivity index (χ4v) is 1.000. The van der Waals surface area contributed by atoms with E-state index >= 15 is 0 Å². The quantitative estimate of drug-likeness (QED) is 0.666. The van der Waals surface area contributed by atoms with Crippen LogP contribution in [0.25, 0.3) is 0 Å². The first-order valence-electron chi connectivity index (χ1n) is 4.16. The lowest BCUT2D eigenvalue weighted by molar-refractivity contribution is 0.392. The highest BCUT2D eigenvalue weighted by Gasteiger charge is 2.09. The molecule has 0 aliphatic rings. The minimum atomic E-state index is -0.168. The molecule has 0 amide bonds. The Hall–Kier alpha value is -1.12. The Bertz CT molecular complexity index is 303. The lowest BCUT2D eigenvalue weighted by Crippen LogP contribution is -2.26. The molecule has 0 N–H and O–H groups in total. The van der Waals surface area contributed by atoms with E-state index in [9.17, 15) is 4.79 Å². The first kappa shape index (κ1) is 8.97. The summed E-state index contributed by atoms with van der Waals surface area (Å²) in [6.07, 6.45) is 3.30. The molecule has 0 aliphatic heterocycles. The van der Waals surface area contributed by atoms with Crippen molar-refractivity contribution in [2.75, 3.05) is 0 Å². The summed E-state index contributed by atoms with van der Waals surface area (Å²) in [4.78, 5) is 14.9. The molecule has 1 rings (SSSR count). The maximum absolute atomic E-state index is 11.2. The van der Waals surface area contributed by atoms with Crippen molar-refractivity contribution < 1.29 is 0 Å². The van der Waals surface area contributed by atoms with Gasteiger partial charge in [-0.1, -0.05) is 13.8 Å². The highest BCUT2D eigenvalue weighted by Crippen LogP contribution is 2.12. The minimum Gasteiger partial charge on any atom is -0.296 e. The molecule has 0 saturated carbocycles. The summed E-state index contributed by atoms with van der Waals surface area (Å²) >= 11 is 0. The molecule has 0 fully saturated rings. The Morgan fingerprint density at radius 1 is 1.42 bits per heavy atom. The molecule has 0 radical (unpaired) electrons. The van der Waals surface area contributed by atoms with E-state index in [2.05, 4.69) is 18.8 Å². The van der Waals surface area contributed by atoms with E-state index in [1.54, 1.807) is 16.8 Å². The van der Waals surface area contributed by atoms with Gasteiger partial charge in [0, 0.05) is 18.4 Å². The second-order valence-electron chi connectivity index (χ2n) is 3.29. The Morgan fingerprint density at radius 2 is 2.08 bits per heavy atom. The molecule has 0 aliphatic carbocycles. The van der Waals surface area contributed by atoms with Gasteiger partial charge in [-0.3, -0.25) is 4.57 Å². The van der Waals surface area contributed by atoms with Crippen molar-refractivity contribution in [1.29, 1.82) is 0 Å². The van der Waals surface area contributed by atoms with Gasteiger partial charge in [0.15, 0.2) is 0 Å². The molecule has 1 aromatic rings. The van der Waals surface area contributed by atoms with Gasteiger partial charge in [-0.25, -0.2) is 9.78 Å². The summed E-state index contributed by atoms with van der Waals surface area (Å²) in [5.74, 6) is 0.451. The second-order valence-corrected chi connectivity index (χ2v) is 3.29. The lowest BCUT2D eigenvalue weighted by atomic mass is 10.1. The van der Waals surface area contributed by atoms with Gasteiger partial charge in [0.1, 0.15) is 0 Å². The van der Waals surface area contributed by atoms with Gasteiger partial charge in [0.25, 0.3) is 0 Å². The van der Waals surface area contributed by atoms with Gasteiger partial charge in [0.05, 0.1) is 0 Å². The van der Waals surface area contributed by atoms with E-state index in [4.69, 9.17) is 0 Å². The predicted octanol–water partition coefficient (Wildman–Crippen LogP) is 1.46. The van der Waals surface area contributed by atoms with Crippen molar-refractivity contribution in [3.63, 3.8) is 0 Å². The summed E-state index contributed by atoms with van der Waals surface area (Å²) in [5, 5.41) is 0.